The first-order valence-electron chi connectivity index (χ1n) is 6.31. The number of carbonyl (C=O) groups excluding carboxylic acids is 2. The molecule has 0 fully saturated rings. The van der Waals surface area contributed by atoms with Gasteiger partial charge in [-0.2, -0.15) is 0 Å². The zero-order chi connectivity index (χ0) is 14.5. The van der Waals surface area contributed by atoms with Crippen molar-refractivity contribution in [2.45, 2.75) is 13.0 Å². The lowest BCUT2D eigenvalue weighted by molar-refractivity contribution is -0.153. The zero-order valence-electron chi connectivity index (χ0n) is 11.3. The standard InChI is InChI=1S/C14H16N2O3S/c1-3-19-13(18)10-11(9-7-5-4-6-8-9)15-14(20-2)16-12(10)17/h4-8,10-11H,3H2,1-2H3,(H,15,16,17). The summed E-state index contributed by atoms with van der Waals surface area (Å²) in [4.78, 5) is 28.6. The van der Waals surface area contributed by atoms with E-state index < -0.39 is 17.9 Å². The van der Waals surface area contributed by atoms with Crippen molar-refractivity contribution in [2.24, 2.45) is 10.9 Å². The van der Waals surface area contributed by atoms with Gasteiger partial charge in [0.2, 0.25) is 5.91 Å². The number of benzene rings is 1. The van der Waals surface area contributed by atoms with E-state index in [1.165, 1.54) is 11.8 Å². The van der Waals surface area contributed by atoms with Crippen LogP contribution in [-0.4, -0.2) is 29.9 Å². The van der Waals surface area contributed by atoms with Gasteiger partial charge in [0.05, 0.1) is 6.61 Å². The quantitative estimate of drug-likeness (QED) is 0.681. The molecule has 20 heavy (non-hydrogen) atoms. The fourth-order valence-electron chi connectivity index (χ4n) is 2.05. The molecular formula is C14H16N2O3S. The van der Waals surface area contributed by atoms with Crippen LogP contribution in [0.1, 0.15) is 18.5 Å². The number of rotatable bonds is 3. The predicted octanol–water partition coefficient (Wildman–Crippen LogP) is 1.76. The van der Waals surface area contributed by atoms with Crippen molar-refractivity contribution < 1.29 is 14.3 Å². The van der Waals surface area contributed by atoms with Gasteiger partial charge in [-0.25, -0.2) is 0 Å². The second-order valence-electron chi connectivity index (χ2n) is 4.21. The van der Waals surface area contributed by atoms with Gasteiger partial charge in [-0.05, 0) is 18.7 Å². The molecule has 106 valence electrons. The molecule has 0 bridgehead atoms. The SMILES string of the molecule is CCOC(=O)C1C(=O)NC(SC)=NC1c1ccccc1. The van der Waals surface area contributed by atoms with E-state index in [2.05, 4.69) is 10.3 Å². The van der Waals surface area contributed by atoms with Crippen molar-refractivity contribution in [3.63, 3.8) is 0 Å². The number of hydrogen-bond acceptors (Lipinski definition) is 5. The van der Waals surface area contributed by atoms with Crippen LogP contribution in [0.4, 0.5) is 0 Å². The molecule has 2 atom stereocenters. The summed E-state index contributed by atoms with van der Waals surface area (Å²) in [5.74, 6) is -1.84. The Labute approximate surface area is 121 Å². The highest BCUT2D eigenvalue weighted by Crippen LogP contribution is 2.31. The fraction of sp³-hybridized carbons (Fsp3) is 0.357. The Morgan fingerprint density at radius 1 is 1.40 bits per heavy atom. The molecule has 0 saturated heterocycles. The monoisotopic (exact) mass is 292 g/mol. The number of esters is 1. The Kier molecular flexibility index (Phi) is 4.79. The van der Waals surface area contributed by atoms with Crippen molar-refractivity contribution in [3.05, 3.63) is 35.9 Å². The number of nitrogens with one attached hydrogen (secondary N) is 1. The van der Waals surface area contributed by atoms with Gasteiger partial charge in [0, 0.05) is 0 Å². The lowest BCUT2D eigenvalue weighted by Crippen LogP contribution is -2.45. The first-order chi connectivity index (χ1) is 9.67. The highest BCUT2D eigenvalue weighted by molar-refractivity contribution is 8.13. The topological polar surface area (TPSA) is 67.8 Å². The molecule has 0 spiro atoms. The molecule has 0 saturated carbocycles. The molecule has 1 N–H and O–H groups in total. The van der Waals surface area contributed by atoms with Crippen molar-refractivity contribution in [3.8, 4) is 0 Å². The molecule has 1 aromatic rings. The van der Waals surface area contributed by atoms with Crippen molar-refractivity contribution in [1.29, 1.82) is 0 Å². The van der Waals surface area contributed by atoms with Gasteiger partial charge >= 0.3 is 5.97 Å². The average Bonchev–Trinajstić information content (AvgIpc) is 2.47. The van der Waals surface area contributed by atoms with Crippen LogP contribution < -0.4 is 5.32 Å². The van der Waals surface area contributed by atoms with Gasteiger partial charge in [-0.3, -0.25) is 14.6 Å². The fourth-order valence-corrected chi connectivity index (χ4v) is 2.47. The van der Waals surface area contributed by atoms with E-state index in [-0.39, 0.29) is 12.5 Å². The van der Waals surface area contributed by atoms with E-state index in [0.29, 0.717) is 5.17 Å². The van der Waals surface area contributed by atoms with E-state index in [4.69, 9.17) is 4.74 Å². The molecule has 2 rings (SSSR count). The van der Waals surface area contributed by atoms with Crippen LogP contribution >= 0.6 is 11.8 Å². The molecule has 1 aliphatic rings. The summed E-state index contributed by atoms with van der Waals surface area (Å²) in [5, 5.41) is 3.15. The van der Waals surface area contributed by atoms with Gasteiger partial charge in [-0.15, -0.1) is 0 Å². The number of nitrogens with zero attached hydrogens (tertiary/aromatic N) is 1. The summed E-state index contributed by atoms with van der Waals surface area (Å²) in [7, 11) is 0. The van der Waals surface area contributed by atoms with Gasteiger partial charge in [0.1, 0.15) is 6.04 Å². The van der Waals surface area contributed by atoms with Crippen molar-refractivity contribution >= 4 is 28.8 Å². The molecule has 1 aromatic carbocycles. The molecule has 1 aliphatic heterocycles. The van der Waals surface area contributed by atoms with Gasteiger partial charge in [0.25, 0.3) is 0 Å². The third kappa shape index (κ3) is 3.01. The Morgan fingerprint density at radius 2 is 2.10 bits per heavy atom. The lowest BCUT2D eigenvalue weighted by Gasteiger charge is -2.27. The second-order valence-corrected chi connectivity index (χ2v) is 5.01. The molecule has 2 unspecified atom stereocenters. The normalized spacial score (nSPS) is 21.9. The highest BCUT2D eigenvalue weighted by Gasteiger charge is 2.40. The minimum absolute atomic E-state index is 0.239. The van der Waals surface area contributed by atoms with E-state index in [0.717, 1.165) is 5.56 Å². The maximum absolute atomic E-state index is 12.2. The number of amidine groups is 1. The maximum atomic E-state index is 12.2. The van der Waals surface area contributed by atoms with E-state index in [1.807, 2.05) is 36.6 Å². The molecule has 5 nitrogen and oxygen atoms in total. The summed E-state index contributed by atoms with van der Waals surface area (Å²) >= 11 is 1.34. The number of hydrogen-bond donors (Lipinski definition) is 1. The molecular weight excluding hydrogens is 276 g/mol. The number of thioether (sulfide) groups is 1. The van der Waals surface area contributed by atoms with E-state index >= 15 is 0 Å². The van der Waals surface area contributed by atoms with Crippen LogP contribution in [0.25, 0.3) is 0 Å². The third-order valence-electron chi connectivity index (χ3n) is 2.96. The summed E-state index contributed by atoms with van der Waals surface area (Å²) < 4.78 is 5.00. The predicted molar refractivity (Wildman–Crippen MR) is 78.4 cm³/mol. The number of ether oxygens (including phenoxy) is 1. The van der Waals surface area contributed by atoms with Gasteiger partial charge in [-0.1, -0.05) is 42.1 Å². The summed E-state index contributed by atoms with van der Waals surface area (Å²) in [6, 6.07) is 8.78. The van der Waals surface area contributed by atoms with Crippen LogP contribution in [0.5, 0.6) is 0 Å². The number of amides is 1. The zero-order valence-corrected chi connectivity index (χ0v) is 12.1. The summed E-state index contributed by atoms with van der Waals surface area (Å²) in [6.07, 6.45) is 1.83. The molecule has 6 heteroatoms. The van der Waals surface area contributed by atoms with Crippen molar-refractivity contribution in [1.82, 2.24) is 5.32 Å². The second kappa shape index (κ2) is 6.56. The number of carbonyl (C=O) groups is 2. The van der Waals surface area contributed by atoms with E-state index in [1.54, 1.807) is 6.92 Å². The first kappa shape index (κ1) is 14.6. The molecule has 0 aliphatic carbocycles. The maximum Gasteiger partial charge on any atom is 0.321 e. The van der Waals surface area contributed by atoms with Crippen LogP contribution in [-0.2, 0) is 14.3 Å². The Hall–Kier alpha value is -1.82. The summed E-state index contributed by atoms with van der Waals surface area (Å²) in [5.41, 5.74) is 0.826. The van der Waals surface area contributed by atoms with Gasteiger partial charge in [0.15, 0.2) is 11.1 Å². The molecule has 1 amide bonds. The third-order valence-corrected chi connectivity index (χ3v) is 3.55. The smallest absolute Gasteiger partial charge is 0.321 e. The van der Waals surface area contributed by atoms with Gasteiger partial charge < -0.3 is 10.1 Å². The largest absolute Gasteiger partial charge is 0.465 e. The minimum Gasteiger partial charge on any atom is -0.465 e. The minimum atomic E-state index is -0.937. The van der Waals surface area contributed by atoms with Crippen LogP contribution in [0, 0.1) is 5.92 Å². The molecule has 0 radical (unpaired) electrons. The Morgan fingerprint density at radius 3 is 2.70 bits per heavy atom. The van der Waals surface area contributed by atoms with Crippen LogP contribution in [0.15, 0.2) is 35.3 Å². The van der Waals surface area contributed by atoms with Crippen LogP contribution in [0.3, 0.4) is 0 Å². The van der Waals surface area contributed by atoms with Crippen LogP contribution in [0.2, 0.25) is 0 Å². The molecule has 1 heterocycles. The lowest BCUT2D eigenvalue weighted by atomic mass is 9.92. The van der Waals surface area contributed by atoms with E-state index in [9.17, 15) is 9.59 Å². The number of aliphatic imine (C=N–C) groups is 1. The first-order valence-corrected chi connectivity index (χ1v) is 7.54. The molecule has 0 aromatic heterocycles. The van der Waals surface area contributed by atoms with Crippen molar-refractivity contribution in [2.75, 3.05) is 12.9 Å². The average molecular weight is 292 g/mol. The highest BCUT2D eigenvalue weighted by atomic mass is 32.2. The Bertz CT molecular complexity index is 530. The summed E-state index contributed by atoms with van der Waals surface area (Å²) in [6.45, 7) is 1.95. The Balaban J connectivity index is 2.39.